The Kier molecular flexibility index (Phi) is 2.83. The quantitative estimate of drug-likeness (QED) is 0.780. The van der Waals surface area contributed by atoms with E-state index in [1.807, 2.05) is 0 Å². The Hall–Kier alpha value is -2.55. The van der Waals surface area contributed by atoms with E-state index in [4.69, 9.17) is 0 Å². The van der Waals surface area contributed by atoms with Crippen LogP contribution >= 0.6 is 0 Å². The van der Waals surface area contributed by atoms with Crippen LogP contribution in [0.15, 0.2) is 47.6 Å². The zero-order valence-corrected chi connectivity index (χ0v) is 10.7. The summed E-state index contributed by atoms with van der Waals surface area (Å²) in [6, 6.07) is 6.29. The molecule has 0 aliphatic heterocycles. The van der Waals surface area contributed by atoms with E-state index >= 15 is 0 Å². The Morgan fingerprint density at radius 2 is 2.10 bits per heavy atom. The van der Waals surface area contributed by atoms with E-state index in [1.54, 1.807) is 12.3 Å². The van der Waals surface area contributed by atoms with Crippen LogP contribution in [-0.4, -0.2) is 28.0 Å². The van der Waals surface area contributed by atoms with Crippen LogP contribution in [0.1, 0.15) is 0 Å². The van der Waals surface area contributed by atoms with Crippen molar-refractivity contribution in [1.82, 2.24) is 19.6 Å². The summed E-state index contributed by atoms with van der Waals surface area (Å²) in [4.78, 5) is 7.61. The number of nitrogens with zero attached hydrogens (tertiary/aromatic N) is 4. The summed E-state index contributed by atoms with van der Waals surface area (Å²) in [6.45, 7) is 0. The molecule has 1 N–H and O–H groups in total. The van der Waals surface area contributed by atoms with Crippen LogP contribution in [0, 0.1) is 5.82 Å². The number of fused-ring (bicyclic) bond motifs is 1. The van der Waals surface area contributed by atoms with E-state index in [2.05, 4.69) is 19.8 Å². The number of anilines is 1. The Morgan fingerprint density at radius 1 is 1.25 bits per heavy atom. The van der Waals surface area contributed by atoms with Gasteiger partial charge in [0.1, 0.15) is 5.82 Å². The van der Waals surface area contributed by atoms with Gasteiger partial charge < -0.3 is 0 Å². The Balaban J connectivity index is 1.97. The van der Waals surface area contributed by atoms with Crippen LogP contribution in [-0.2, 0) is 10.0 Å². The lowest BCUT2D eigenvalue weighted by Crippen LogP contribution is -2.14. The molecule has 0 aliphatic rings. The van der Waals surface area contributed by atoms with Gasteiger partial charge in [0.15, 0.2) is 0 Å². The molecule has 2 heterocycles. The average Bonchev–Trinajstić information content (AvgIpc) is 2.80. The molecule has 0 radical (unpaired) electrons. The molecule has 0 aliphatic carbocycles. The zero-order chi connectivity index (χ0) is 14.2. The van der Waals surface area contributed by atoms with Crippen LogP contribution in [0.3, 0.4) is 0 Å². The van der Waals surface area contributed by atoms with Gasteiger partial charge in [-0.1, -0.05) is 6.07 Å². The second-order valence-corrected chi connectivity index (χ2v) is 5.54. The molecule has 0 saturated heterocycles. The molecule has 3 aromatic rings. The molecule has 0 unspecified atom stereocenters. The van der Waals surface area contributed by atoms with Crippen LogP contribution in [0.2, 0.25) is 0 Å². The first-order chi connectivity index (χ1) is 9.54. The molecule has 0 saturated carbocycles. The number of aromatic nitrogens is 4. The molecule has 0 fully saturated rings. The van der Waals surface area contributed by atoms with Crippen molar-refractivity contribution in [1.29, 1.82) is 0 Å². The van der Waals surface area contributed by atoms with Crippen molar-refractivity contribution in [2.75, 3.05) is 4.72 Å². The van der Waals surface area contributed by atoms with Gasteiger partial charge in [-0.15, -0.1) is 5.10 Å². The third kappa shape index (κ3) is 2.30. The van der Waals surface area contributed by atoms with Gasteiger partial charge in [0.05, 0.1) is 4.90 Å². The molecule has 9 heteroatoms. The molecule has 0 bridgehead atoms. The van der Waals surface area contributed by atoms with Gasteiger partial charge in [-0.05, 0) is 24.3 Å². The number of hydrogen-bond acceptors (Lipinski definition) is 5. The summed E-state index contributed by atoms with van der Waals surface area (Å²) in [7, 11) is -3.94. The third-order valence-electron chi connectivity index (χ3n) is 2.45. The fourth-order valence-corrected chi connectivity index (χ4v) is 2.56. The van der Waals surface area contributed by atoms with E-state index < -0.39 is 15.8 Å². The van der Waals surface area contributed by atoms with Crippen LogP contribution in [0.4, 0.5) is 10.3 Å². The minimum atomic E-state index is -3.94. The normalized spacial score (nSPS) is 11.7. The zero-order valence-electron chi connectivity index (χ0n) is 9.93. The van der Waals surface area contributed by atoms with Crippen LogP contribution in [0.5, 0.6) is 0 Å². The standard InChI is InChI=1S/C11H8FN5O2S/c12-8-3-1-4-9(7-8)20(18,19)16-10-14-11-13-5-2-6-17(11)15-10/h1-7H,(H,15,16). The molecule has 3 rings (SSSR count). The maximum atomic E-state index is 13.1. The molecule has 1 aromatic carbocycles. The topological polar surface area (TPSA) is 89.2 Å². The minimum absolute atomic E-state index is 0.132. The van der Waals surface area contributed by atoms with Crippen molar-refractivity contribution in [3.05, 3.63) is 48.5 Å². The number of halogens is 1. The summed E-state index contributed by atoms with van der Waals surface area (Å²) < 4.78 is 40.6. The summed E-state index contributed by atoms with van der Waals surface area (Å²) >= 11 is 0. The molecular formula is C11H8FN5O2S. The second kappa shape index (κ2) is 4.53. The Morgan fingerprint density at radius 3 is 2.85 bits per heavy atom. The number of rotatable bonds is 3. The number of benzene rings is 1. The Bertz CT molecular complexity index is 844. The van der Waals surface area contributed by atoms with E-state index in [-0.39, 0.29) is 16.6 Å². The van der Waals surface area contributed by atoms with Gasteiger partial charge >= 0.3 is 0 Å². The van der Waals surface area contributed by atoms with Gasteiger partial charge in [0.2, 0.25) is 0 Å². The number of sulfonamides is 1. The molecule has 0 atom stereocenters. The first kappa shape index (κ1) is 12.5. The molecule has 0 spiro atoms. The number of hydrogen-bond donors (Lipinski definition) is 1. The summed E-state index contributed by atoms with van der Waals surface area (Å²) in [5.41, 5.74) is 0. The van der Waals surface area contributed by atoms with Gasteiger partial charge in [0.25, 0.3) is 21.7 Å². The second-order valence-electron chi connectivity index (χ2n) is 3.86. The largest absolute Gasteiger partial charge is 0.264 e. The molecular weight excluding hydrogens is 285 g/mol. The van der Waals surface area contributed by atoms with E-state index in [0.717, 1.165) is 12.1 Å². The minimum Gasteiger partial charge on any atom is -0.246 e. The predicted molar refractivity (Wildman–Crippen MR) is 68.0 cm³/mol. The highest BCUT2D eigenvalue weighted by Gasteiger charge is 2.17. The maximum absolute atomic E-state index is 13.1. The predicted octanol–water partition coefficient (Wildman–Crippen LogP) is 1.06. The molecule has 0 amide bonds. The lowest BCUT2D eigenvalue weighted by molar-refractivity contribution is 0.595. The lowest BCUT2D eigenvalue weighted by atomic mass is 10.4. The Labute approximate surface area is 113 Å². The fraction of sp³-hybridized carbons (Fsp3) is 0. The average molecular weight is 293 g/mol. The van der Waals surface area contributed by atoms with Crippen LogP contribution in [0.25, 0.3) is 5.78 Å². The van der Waals surface area contributed by atoms with Crippen LogP contribution < -0.4 is 4.72 Å². The van der Waals surface area contributed by atoms with Crippen molar-refractivity contribution in [3.63, 3.8) is 0 Å². The first-order valence-electron chi connectivity index (χ1n) is 5.50. The summed E-state index contributed by atoms with van der Waals surface area (Å²) in [5.74, 6) is -0.519. The van der Waals surface area contributed by atoms with Gasteiger partial charge in [0, 0.05) is 12.4 Å². The summed E-state index contributed by atoms with van der Waals surface area (Å²) in [5, 5.41) is 3.90. The lowest BCUT2D eigenvalue weighted by Gasteiger charge is -2.03. The van der Waals surface area contributed by atoms with Gasteiger partial charge in [-0.25, -0.2) is 27.0 Å². The molecule has 2 aromatic heterocycles. The first-order valence-corrected chi connectivity index (χ1v) is 6.99. The molecule has 20 heavy (non-hydrogen) atoms. The van der Waals surface area contributed by atoms with Gasteiger partial charge in [-0.3, -0.25) is 0 Å². The highest BCUT2D eigenvalue weighted by molar-refractivity contribution is 7.92. The van der Waals surface area contributed by atoms with Crippen molar-refractivity contribution < 1.29 is 12.8 Å². The molecule has 102 valence electrons. The fourth-order valence-electron chi connectivity index (χ4n) is 1.59. The van der Waals surface area contributed by atoms with E-state index in [0.29, 0.717) is 0 Å². The van der Waals surface area contributed by atoms with E-state index in [9.17, 15) is 12.8 Å². The highest BCUT2D eigenvalue weighted by Crippen LogP contribution is 2.14. The molecule has 7 nitrogen and oxygen atoms in total. The monoisotopic (exact) mass is 293 g/mol. The van der Waals surface area contributed by atoms with Crippen molar-refractivity contribution in [2.45, 2.75) is 4.90 Å². The smallest absolute Gasteiger partial charge is 0.246 e. The van der Waals surface area contributed by atoms with Crippen molar-refractivity contribution in [3.8, 4) is 0 Å². The number of nitrogens with one attached hydrogen (secondary N) is 1. The SMILES string of the molecule is O=S(=O)(Nc1nc2ncccn2n1)c1cccc(F)c1. The van der Waals surface area contributed by atoms with Gasteiger partial charge in [-0.2, -0.15) is 4.98 Å². The maximum Gasteiger partial charge on any atom is 0.264 e. The summed E-state index contributed by atoms with van der Waals surface area (Å²) in [6.07, 6.45) is 3.09. The van der Waals surface area contributed by atoms with E-state index in [1.165, 1.54) is 22.8 Å². The highest BCUT2D eigenvalue weighted by atomic mass is 32.2. The van der Waals surface area contributed by atoms with Crippen molar-refractivity contribution >= 4 is 21.7 Å². The third-order valence-corrected chi connectivity index (χ3v) is 3.77. The van der Waals surface area contributed by atoms with Crippen molar-refractivity contribution in [2.24, 2.45) is 0 Å².